The second kappa shape index (κ2) is 8.23. The largest absolute Gasteiger partial charge is 0.355 e. The first-order valence-electron chi connectivity index (χ1n) is 9.88. The van der Waals surface area contributed by atoms with Gasteiger partial charge in [-0.15, -0.1) is 11.3 Å². The van der Waals surface area contributed by atoms with Gasteiger partial charge in [-0.3, -0.25) is 9.88 Å². The van der Waals surface area contributed by atoms with Gasteiger partial charge >= 0.3 is 0 Å². The van der Waals surface area contributed by atoms with Gasteiger partial charge in [-0.2, -0.15) is 0 Å². The quantitative estimate of drug-likeness (QED) is 0.517. The van der Waals surface area contributed by atoms with E-state index in [1.54, 1.807) is 23.7 Å². The highest BCUT2D eigenvalue weighted by Crippen LogP contribution is 2.28. The van der Waals surface area contributed by atoms with Gasteiger partial charge in [0.05, 0.1) is 16.7 Å². The third kappa shape index (κ3) is 3.97. The molecule has 0 radical (unpaired) electrons. The SMILES string of the molecule is c1ccc2c(N3CCCN(Cc4cscn4)CC3)nc(-c3ccncc3)nc2c1. The fourth-order valence-corrected chi connectivity index (χ4v) is 4.37. The summed E-state index contributed by atoms with van der Waals surface area (Å²) >= 11 is 1.66. The number of aromatic nitrogens is 4. The van der Waals surface area contributed by atoms with Crippen LogP contribution in [0.3, 0.4) is 0 Å². The van der Waals surface area contributed by atoms with Gasteiger partial charge < -0.3 is 4.90 Å². The molecule has 0 bridgehead atoms. The number of anilines is 1. The Labute approximate surface area is 173 Å². The Kier molecular flexibility index (Phi) is 5.15. The van der Waals surface area contributed by atoms with Crippen LogP contribution < -0.4 is 4.90 Å². The summed E-state index contributed by atoms with van der Waals surface area (Å²) in [6.45, 7) is 4.93. The summed E-state index contributed by atoms with van der Waals surface area (Å²) < 4.78 is 0. The Morgan fingerprint density at radius 1 is 0.931 bits per heavy atom. The van der Waals surface area contributed by atoms with Crippen LogP contribution in [-0.4, -0.2) is 51.0 Å². The summed E-state index contributed by atoms with van der Waals surface area (Å²) in [6, 6.07) is 12.2. The standard InChI is InChI=1S/C22H22N6S/c1-2-5-20-19(4-1)22(26-21(25-20)17-6-8-23-9-7-17)28-11-3-10-27(12-13-28)14-18-15-29-16-24-18/h1-2,4-9,15-16H,3,10-14H2. The highest BCUT2D eigenvalue weighted by Gasteiger charge is 2.20. The highest BCUT2D eigenvalue weighted by atomic mass is 32.1. The van der Waals surface area contributed by atoms with Crippen LogP contribution in [0.5, 0.6) is 0 Å². The van der Waals surface area contributed by atoms with E-state index >= 15 is 0 Å². The van der Waals surface area contributed by atoms with Crippen molar-refractivity contribution in [3.05, 3.63) is 65.4 Å². The molecule has 6 nitrogen and oxygen atoms in total. The van der Waals surface area contributed by atoms with Crippen molar-refractivity contribution in [2.45, 2.75) is 13.0 Å². The topological polar surface area (TPSA) is 58.0 Å². The molecule has 0 spiro atoms. The van der Waals surface area contributed by atoms with Crippen molar-refractivity contribution in [1.82, 2.24) is 24.8 Å². The van der Waals surface area contributed by atoms with E-state index in [2.05, 4.69) is 43.3 Å². The van der Waals surface area contributed by atoms with E-state index in [9.17, 15) is 0 Å². The number of nitrogens with zero attached hydrogens (tertiary/aromatic N) is 6. The zero-order valence-corrected chi connectivity index (χ0v) is 16.9. The molecule has 0 N–H and O–H groups in total. The normalized spacial score (nSPS) is 15.5. The Bertz CT molecular complexity index is 1080. The molecule has 4 aromatic rings. The molecule has 1 fully saturated rings. The van der Waals surface area contributed by atoms with Crippen LogP contribution in [0.15, 0.2) is 59.7 Å². The summed E-state index contributed by atoms with van der Waals surface area (Å²) in [6.07, 6.45) is 4.68. The summed E-state index contributed by atoms with van der Waals surface area (Å²) in [7, 11) is 0. The summed E-state index contributed by atoms with van der Waals surface area (Å²) in [5.41, 5.74) is 5.04. The average Bonchev–Trinajstić information content (AvgIpc) is 3.18. The van der Waals surface area contributed by atoms with Crippen LogP contribution >= 0.6 is 11.3 Å². The van der Waals surface area contributed by atoms with E-state index in [1.165, 1.54) is 0 Å². The van der Waals surface area contributed by atoms with Crippen molar-refractivity contribution in [2.75, 3.05) is 31.1 Å². The van der Waals surface area contributed by atoms with Crippen molar-refractivity contribution >= 4 is 28.1 Å². The Morgan fingerprint density at radius 2 is 1.83 bits per heavy atom. The predicted octanol–water partition coefficient (Wildman–Crippen LogP) is 3.86. The first-order valence-corrected chi connectivity index (χ1v) is 10.8. The Hall–Kier alpha value is -2.90. The molecule has 0 saturated carbocycles. The minimum Gasteiger partial charge on any atom is -0.355 e. The highest BCUT2D eigenvalue weighted by molar-refractivity contribution is 7.07. The van der Waals surface area contributed by atoms with Gasteiger partial charge in [-0.05, 0) is 30.7 Å². The molecule has 5 rings (SSSR count). The molecule has 3 aromatic heterocycles. The molecule has 0 aliphatic carbocycles. The van der Waals surface area contributed by atoms with Gasteiger partial charge in [0.1, 0.15) is 5.82 Å². The van der Waals surface area contributed by atoms with Crippen LogP contribution in [0.4, 0.5) is 5.82 Å². The molecule has 1 saturated heterocycles. The number of hydrogen-bond acceptors (Lipinski definition) is 7. The van der Waals surface area contributed by atoms with E-state index in [0.717, 1.165) is 72.9 Å². The molecular weight excluding hydrogens is 380 g/mol. The van der Waals surface area contributed by atoms with Gasteiger partial charge in [-0.1, -0.05) is 12.1 Å². The predicted molar refractivity (Wildman–Crippen MR) is 117 cm³/mol. The number of thiazole rings is 1. The molecule has 0 atom stereocenters. The summed E-state index contributed by atoms with van der Waals surface area (Å²) in [5, 5.41) is 3.25. The van der Waals surface area contributed by atoms with E-state index in [1.807, 2.05) is 23.7 Å². The van der Waals surface area contributed by atoms with E-state index in [4.69, 9.17) is 9.97 Å². The molecule has 1 aliphatic rings. The third-order valence-electron chi connectivity index (χ3n) is 5.28. The minimum atomic E-state index is 0.754. The second-order valence-corrected chi connectivity index (χ2v) is 7.94. The van der Waals surface area contributed by atoms with Crippen molar-refractivity contribution < 1.29 is 0 Å². The van der Waals surface area contributed by atoms with Crippen molar-refractivity contribution in [3.63, 3.8) is 0 Å². The number of rotatable bonds is 4. The number of pyridine rings is 1. The first-order chi connectivity index (χ1) is 14.4. The summed E-state index contributed by atoms with van der Waals surface area (Å²) in [5.74, 6) is 1.78. The monoisotopic (exact) mass is 402 g/mol. The zero-order valence-electron chi connectivity index (χ0n) is 16.1. The number of benzene rings is 1. The van der Waals surface area contributed by atoms with Crippen molar-refractivity contribution in [1.29, 1.82) is 0 Å². The molecule has 146 valence electrons. The number of hydrogen-bond donors (Lipinski definition) is 0. The lowest BCUT2D eigenvalue weighted by molar-refractivity contribution is 0.282. The Balaban J connectivity index is 1.46. The first kappa shape index (κ1) is 18.1. The van der Waals surface area contributed by atoms with Gasteiger partial charge in [0.25, 0.3) is 0 Å². The van der Waals surface area contributed by atoms with E-state index in [0.29, 0.717) is 0 Å². The lowest BCUT2D eigenvalue weighted by atomic mass is 10.2. The Morgan fingerprint density at radius 3 is 2.69 bits per heavy atom. The molecular formula is C22H22N6S. The van der Waals surface area contributed by atoms with Crippen LogP contribution in [0.1, 0.15) is 12.1 Å². The molecule has 1 aliphatic heterocycles. The van der Waals surface area contributed by atoms with Crippen molar-refractivity contribution in [3.8, 4) is 11.4 Å². The molecule has 29 heavy (non-hydrogen) atoms. The third-order valence-corrected chi connectivity index (χ3v) is 5.91. The smallest absolute Gasteiger partial charge is 0.162 e. The van der Waals surface area contributed by atoms with E-state index in [-0.39, 0.29) is 0 Å². The van der Waals surface area contributed by atoms with Gasteiger partial charge in [0, 0.05) is 61.4 Å². The molecule has 0 amide bonds. The lowest BCUT2D eigenvalue weighted by Gasteiger charge is -2.24. The molecule has 0 unspecified atom stereocenters. The molecule has 1 aromatic carbocycles. The lowest BCUT2D eigenvalue weighted by Crippen LogP contribution is -2.31. The summed E-state index contributed by atoms with van der Waals surface area (Å²) in [4.78, 5) is 23.3. The fourth-order valence-electron chi connectivity index (χ4n) is 3.82. The van der Waals surface area contributed by atoms with Crippen molar-refractivity contribution in [2.24, 2.45) is 0 Å². The van der Waals surface area contributed by atoms with Gasteiger partial charge in [-0.25, -0.2) is 15.0 Å². The second-order valence-electron chi connectivity index (χ2n) is 7.22. The minimum absolute atomic E-state index is 0.754. The van der Waals surface area contributed by atoms with Gasteiger partial charge in [0.2, 0.25) is 0 Å². The van der Waals surface area contributed by atoms with Crippen LogP contribution in [0.25, 0.3) is 22.3 Å². The van der Waals surface area contributed by atoms with Crippen LogP contribution in [0, 0.1) is 0 Å². The van der Waals surface area contributed by atoms with Crippen LogP contribution in [-0.2, 0) is 6.54 Å². The van der Waals surface area contributed by atoms with E-state index < -0.39 is 0 Å². The zero-order chi connectivity index (χ0) is 19.5. The number of para-hydroxylation sites is 1. The maximum absolute atomic E-state index is 5.00. The van der Waals surface area contributed by atoms with Crippen LogP contribution in [0.2, 0.25) is 0 Å². The van der Waals surface area contributed by atoms with Gasteiger partial charge in [0.15, 0.2) is 5.82 Å². The maximum Gasteiger partial charge on any atom is 0.162 e. The molecule has 7 heteroatoms. The fraction of sp³-hybridized carbons (Fsp3) is 0.273. The molecule has 4 heterocycles. The maximum atomic E-state index is 5.00. The number of fused-ring (bicyclic) bond motifs is 1. The average molecular weight is 403 g/mol.